The molecule has 0 radical (unpaired) electrons. The van der Waals surface area contributed by atoms with Crippen LogP contribution >= 0.6 is 0 Å². The van der Waals surface area contributed by atoms with Crippen LogP contribution in [0.1, 0.15) is 16.8 Å². The van der Waals surface area contributed by atoms with Gasteiger partial charge >= 0.3 is 6.18 Å². The first kappa shape index (κ1) is 18.7. The molecule has 3 rings (SSSR count). The molecule has 26 heavy (non-hydrogen) atoms. The Labute approximate surface area is 148 Å². The molecule has 1 aliphatic heterocycles. The lowest BCUT2D eigenvalue weighted by Gasteiger charge is -2.35. The molecule has 0 atom stereocenters. The quantitative estimate of drug-likeness (QED) is 0.764. The van der Waals surface area contributed by atoms with Crippen molar-refractivity contribution in [1.29, 1.82) is 0 Å². The van der Waals surface area contributed by atoms with Gasteiger partial charge in [0.2, 0.25) is 0 Å². The molecule has 0 bridgehead atoms. The number of alkyl halides is 3. The second-order valence-electron chi connectivity index (χ2n) is 6.30. The van der Waals surface area contributed by atoms with E-state index < -0.39 is 23.5 Å². The summed E-state index contributed by atoms with van der Waals surface area (Å²) in [5.41, 5.74) is -0.291. The van der Waals surface area contributed by atoms with E-state index in [0.29, 0.717) is 38.3 Å². The fourth-order valence-corrected chi connectivity index (χ4v) is 3.06. The third kappa shape index (κ3) is 4.56. The van der Waals surface area contributed by atoms with E-state index in [1.54, 1.807) is 0 Å². The van der Waals surface area contributed by atoms with Gasteiger partial charge in [0.25, 0.3) is 0 Å². The molecule has 0 amide bonds. The summed E-state index contributed by atoms with van der Waals surface area (Å²) in [6.07, 6.45) is -3.33. The van der Waals surface area contributed by atoms with Crippen LogP contribution in [-0.2, 0) is 19.3 Å². The highest BCUT2D eigenvalue weighted by Crippen LogP contribution is 2.30. The monoisotopic (exact) mass is 371 g/mol. The Morgan fingerprint density at radius 3 is 2.08 bits per heavy atom. The van der Waals surface area contributed by atoms with Crippen LogP contribution in [0.4, 0.5) is 22.0 Å². The molecular formula is C18H18F5N3. The van der Waals surface area contributed by atoms with Crippen LogP contribution in [0.3, 0.4) is 0 Å². The number of rotatable bonds is 4. The average molecular weight is 371 g/mol. The summed E-state index contributed by atoms with van der Waals surface area (Å²) >= 11 is 0. The van der Waals surface area contributed by atoms with Crippen LogP contribution in [0.25, 0.3) is 0 Å². The largest absolute Gasteiger partial charge is 0.433 e. The summed E-state index contributed by atoms with van der Waals surface area (Å²) in [6, 6.07) is 6.43. The zero-order chi connectivity index (χ0) is 18.7. The first-order valence-corrected chi connectivity index (χ1v) is 8.22. The van der Waals surface area contributed by atoms with E-state index in [0.717, 1.165) is 12.3 Å². The topological polar surface area (TPSA) is 19.4 Å². The first-order valence-electron chi connectivity index (χ1n) is 8.22. The molecule has 2 heterocycles. The molecule has 0 N–H and O–H groups in total. The molecule has 3 nitrogen and oxygen atoms in total. The van der Waals surface area contributed by atoms with E-state index >= 15 is 0 Å². The summed E-state index contributed by atoms with van der Waals surface area (Å²) in [7, 11) is 0. The third-order valence-corrected chi connectivity index (χ3v) is 4.43. The van der Waals surface area contributed by atoms with Crippen LogP contribution < -0.4 is 0 Å². The maximum atomic E-state index is 13.7. The van der Waals surface area contributed by atoms with Crippen molar-refractivity contribution >= 4 is 0 Å². The summed E-state index contributed by atoms with van der Waals surface area (Å²) < 4.78 is 65.8. The van der Waals surface area contributed by atoms with Gasteiger partial charge in [-0.25, -0.2) is 8.78 Å². The molecule has 1 aromatic heterocycles. The SMILES string of the molecule is Fc1ccc(CN2CCN(Cc3cccnc3C(F)(F)F)CC2)c(F)c1. The number of nitrogens with zero attached hydrogens (tertiary/aromatic N) is 3. The minimum atomic E-state index is -4.47. The maximum Gasteiger partial charge on any atom is 0.433 e. The zero-order valence-corrected chi connectivity index (χ0v) is 13.9. The maximum absolute atomic E-state index is 13.7. The molecule has 140 valence electrons. The van der Waals surface area contributed by atoms with Crippen LogP contribution in [0.2, 0.25) is 0 Å². The summed E-state index contributed by atoms with van der Waals surface area (Å²) in [6.45, 7) is 2.84. The smallest absolute Gasteiger partial charge is 0.296 e. The normalized spacial score (nSPS) is 16.8. The van der Waals surface area contributed by atoms with Gasteiger partial charge in [-0.1, -0.05) is 12.1 Å². The lowest BCUT2D eigenvalue weighted by molar-refractivity contribution is -0.142. The predicted molar refractivity (Wildman–Crippen MR) is 86.2 cm³/mol. The number of aromatic nitrogens is 1. The van der Waals surface area contributed by atoms with Crippen molar-refractivity contribution in [3.05, 3.63) is 65.0 Å². The van der Waals surface area contributed by atoms with Crippen molar-refractivity contribution in [2.45, 2.75) is 19.3 Å². The average Bonchev–Trinajstić information content (AvgIpc) is 2.58. The molecule has 8 heteroatoms. The van der Waals surface area contributed by atoms with Crippen LogP contribution in [-0.4, -0.2) is 41.0 Å². The van der Waals surface area contributed by atoms with Gasteiger partial charge in [-0.15, -0.1) is 0 Å². The number of halogens is 5. The Hall–Kier alpha value is -2.06. The molecule has 0 spiro atoms. The molecule has 0 aliphatic carbocycles. The number of hydrogen-bond donors (Lipinski definition) is 0. The Bertz CT molecular complexity index is 755. The fourth-order valence-electron chi connectivity index (χ4n) is 3.06. The molecule has 0 saturated carbocycles. The lowest BCUT2D eigenvalue weighted by Crippen LogP contribution is -2.45. The van der Waals surface area contributed by atoms with Crippen molar-refractivity contribution in [2.75, 3.05) is 26.2 Å². The van der Waals surface area contributed by atoms with Crippen molar-refractivity contribution < 1.29 is 22.0 Å². The fraction of sp³-hybridized carbons (Fsp3) is 0.389. The van der Waals surface area contributed by atoms with E-state index in [1.807, 2.05) is 9.80 Å². The predicted octanol–water partition coefficient (Wildman–Crippen LogP) is 3.70. The van der Waals surface area contributed by atoms with Crippen LogP contribution in [0.5, 0.6) is 0 Å². The molecule has 1 saturated heterocycles. The first-order chi connectivity index (χ1) is 12.3. The van der Waals surface area contributed by atoms with Crippen LogP contribution in [0, 0.1) is 11.6 Å². The highest BCUT2D eigenvalue weighted by Gasteiger charge is 2.35. The van der Waals surface area contributed by atoms with Gasteiger partial charge < -0.3 is 0 Å². The van der Waals surface area contributed by atoms with E-state index in [4.69, 9.17) is 0 Å². The zero-order valence-electron chi connectivity index (χ0n) is 13.9. The number of hydrogen-bond acceptors (Lipinski definition) is 3. The summed E-state index contributed by atoms with van der Waals surface area (Å²) in [5.74, 6) is -1.20. The van der Waals surface area contributed by atoms with Gasteiger partial charge in [-0.2, -0.15) is 13.2 Å². The van der Waals surface area contributed by atoms with Crippen molar-refractivity contribution in [1.82, 2.24) is 14.8 Å². The molecule has 1 aliphatic rings. The van der Waals surface area contributed by atoms with Crippen LogP contribution in [0.15, 0.2) is 36.5 Å². The van der Waals surface area contributed by atoms with Gasteiger partial charge in [-0.3, -0.25) is 14.8 Å². The Kier molecular flexibility index (Phi) is 5.52. The Morgan fingerprint density at radius 2 is 1.50 bits per heavy atom. The second kappa shape index (κ2) is 7.67. The van der Waals surface area contributed by atoms with Gasteiger partial charge in [-0.05, 0) is 17.7 Å². The molecule has 2 aromatic rings. The highest BCUT2D eigenvalue weighted by molar-refractivity contribution is 5.22. The van der Waals surface area contributed by atoms with Gasteiger partial charge in [0.15, 0.2) is 0 Å². The van der Waals surface area contributed by atoms with Gasteiger partial charge in [0.1, 0.15) is 17.3 Å². The highest BCUT2D eigenvalue weighted by atomic mass is 19.4. The number of benzene rings is 1. The van der Waals surface area contributed by atoms with E-state index in [-0.39, 0.29) is 12.1 Å². The van der Waals surface area contributed by atoms with Crippen molar-refractivity contribution in [3.8, 4) is 0 Å². The van der Waals surface area contributed by atoms with Gasteiger partial charge in [0, 0.05) is 57.1 Å². The molecule has 1 aromatic carbocycles. The summed E-state index contributed by atoms with van der Waals surface area (Å²) in [4.78, 5) is 7.39. The van der Waals surface area contributed by atoms with Gasteiger partial charge in [0.05, 0.1) is 0 Å². The molecule has 1 fully saturated rings. The molecular weight excluding hydrogens is 353 g/mol. The van der Waals surface area contributed by atoms with Crippen molar-refractivity contribution in [2.24, 2.45) is 0 Å². The van der Waals surface area contributed by atoms with E-state index in [2.05, 4.69) is 4.98 Å². The Morgan fingerprint density at radius 1 is 0.885 bits per heavy atom. The number of pyridine rings is 1. The van der Waals surface area contributed by atoms with E-state index in [9.17, 15) is 22.0 Å². The lowest BCUT2D eigenvalue weighted by atomic mass is 10.1. The standard InChI is InChI=1S/C18H18F5N3/c19-15-4-3-13(16(20)10-15)11-25-6-8-26(9-7-25)12-14-2-1-5-24-17(14)18(21,22)23/h1-5,10H,6-9,11-12H2. The molecule has 0 unspecified atom stereocenters. The summed E-state index contributed by atoms with van der Waals surface area (Å²) in [5, 5.41) is 0. The van der Waals surface area contributed by atoms with E-state index in [1.165, 1.54) is 24.3 Å². The second-order valence-corrected chi connectivity index (χ2v) is 6.30. The van der Waals surface area contributed by atoms with Crippen molar-refractivity contribution in [3.63, 3.8) is 0 Å². The number of piperazine rings is 1. The minimum Gasteiger partial charge on any atom is -0.296 e. The Balaban J connectivity index is 1.58. The minimum absolute atomic E-state index is 0.151. The third-order valence-electron chi connectivity index (χ3n) is 4.43.